The lowest BCUT2D eigenvalue weighted by atomic mass is 10.2. The molecule has 64 valence electrons. The Morgan fingerprint density at radius 3 is 3.17 bits per heavy atom. The lowest BCUT2D eigenvalue weighted by molar-refractivity contribution is 0.801. The van der Waals surface area contributed by atoms with Gasteiger partial charge < -0.3 is 5.32 Å². The third-order valence-electron chi connectivity index (χ3n) is 1.51. The summed E-state index contributed by atoms with van der Waals surface area (Å²) in [5.41, 5.74) is 1.15. The molecule has 0 unspecified atom stereocenters. The highest BCUT2D eigenvalue weighted by Crippen LogP contribution is 1.97. The van der Waals surface area contributed by atoms with Crippen LogP contribution in [0.25, 0.3) is 6.08 Å². The molecular weight excluding hydrogens is 148 g/mol. The van der Waals surface area contributed by atoms with Gasteiger partial charge in [-0.2, -0.15) is 0 Å². The van der Waals surface area contributed by atoms with E-state index in [-0.39, 0.29) is 0 Å². The molecule has 0 atom stereocenters. The fraction of sp³-hybridized carbons (Fsp3) is 0.300. The Morgan fingerprint density at radius 1 is 1.58 bits per heavy atom. The van der Waals surface area contributed by atoms with Crippen LogP contribution in [0.4, 0.5) is 0 Å². The third-order valence-corrected chi connectivity index (χ3v) is 1.51. The highest BCUT2D eigenvalue weighted by Gasteiger charge is 1.81. The van der Waals surface area contributed by atoms with E-state index in [1.165, 1.54) is 0 Å². The Kier molecular flexibility index (Phi) is 4.09. The van der Waals surface area contributed by atoms with Gasteiger partial charge in [0.15, 0.2) is 0 Å². The molecule has 1 aromatic rings. The third kappa shape index (κ3) is 3.30. The predicted molar refractivity (Wildman–Crippen MR) is 51.8 cm³/mol. The first-order chi connectivity index (χ1) is 5.93. The van der Waals surface area contributed by atoms with Gasteiger partial charge >= 0.3 is 0 Å². The van der Waals surface area contributed by atoms with Gasteiger partial charge in [-0.25, -0.2) is 0 Å². The molecule has 12 heavy (non-hydrogen) atoms. The second kappa shape index (κ2) is 5.49. The number of hydrogen-bond donors (Lipinski definition) is 1. The fourth-order valence-electron chi connectivity index (χ4n) is 0.897. The first-order valence-electron chi connectivity index (χ1n) is 4.20. The second-order valence-corrected chi connectivity index (χ2v) is 2.50. The number of hydrogen-bond acceptors (Lipinski definition) is 2. The second-order valence-electron chi connectivity index (χ2n) is 2.50. The summed E-state index contributed by atoms with van der Waals surface area (Å²) in [5.74, 6) is 0. The summed E-state index contributed by atoms with van der Waals surface area (Å²) in [6, 6.07) is 3.97. The Labute approximate surface area is 73.3 Å². The van der Waals surface area contributed by atoms with Crippen molar-refractivity contribution in [2.75, 3.05) is 13.1 Å². The Bertz CT molecular complexity index is 229. The number of nitrogens with zero attached hydrogens (tertiary/aromatic N) is 1. The number of pyridine rings is 1. The fourth-order valence-corrected chi connectivity index (χ4v) is 0.897. The van der Waals surface area contributed by atoms with Crippen molar-refractivity contribution in [3.05, 3.63) is 36.2 Å². The molecule has 0 aliphatic heterocycles. The quantitative estimate of drug-likeness (QED) is 0.682. The lowest BCUT2D eigenvalue weighted by Crippen LogP contribution is -2.11. The van der Waals surface area contributed by atoms with Crippen molar-refractivity contribution in [2.24, 2.45) is 0 Å². The maximum Gasteiger partial charge on any atom is 0.0340 e. The van der Waals surface area contributed by atoms with E-state index in [2.05, 4.69) is 29.4 Å². The highest BCUT2D eigenvalue weighted by atomic mass is 14.8. The molecule has 0 spiro atoms. The maximum atomic E-state index is 4.01. The van der Waals surface area contributed by atoms with Gasteiger partial charge in [-0.3, -0.25) is 4.98 Å². The van der Waals surface area contributed by atoms with Crippen LogP contribution in [0.15, 0.2) is 30.6 Å². The van der Waals surface area contributed by atoms with Crippen molar-refractivity contribution in [3.63, 3.8) is 0 Å². The van der Waals surface area contributed by atoms with E-state index < -0.39 is 0 Å². The van der Waals surface area contributed by atoms with Crippen molar-refractivity contribution < 1.29 is 0 Å². The van der Waals surface area contributed by atoms with E-state index in [1.54, 1.807) is 6.20 Å². The van der Waals surface area contributed by atoms with Gasteiger partial charge in [-0.1, -0.05) is 25.1 Å². The largest absolute Gasteiger partial charge is 0.314 e. The summed E-state index contributed by atoms with van der Waals surface area (Å²) in [6.07, 6.45) is 7.79. The van der Waals surface area contributed by atoms with Gasteiger partial charge in [0.25, 0.3) is 0 Å². The standard InChI is InChI=1S/C10H14N2/c1-2-11-7-3-5-10-6-4-8-12-9-10/h3-6,8-9,11H,2,7H2,1H3. The molecule has 2 nitrogen and oxygen atoms in total. The van der Waals surface area contributed by atoms with E-state index in [0.717, 1.165) is 18.7 Å². The summed E-state index contributed by atoms with van der Waals surface area (Å²) < 4.78 is 0. The summed E-state index contributed by atoms with van der Waals surface area (Å²) in [5, 5.41) is 3.21. The van der Waals surface area contributed by atoms with E-state index in [1.807, 2.05) is 18.3 Å². The smallest absolute Gasteiger partial charge is 0.0340 e. The van der Waals surface area contributed by atoms with E-state index in [4.69, 9.17) is 0 Å². The van der Waals surface area contributed by atoms with E-state index >= 15 is 0 Å². The van der Waals surface area contributed by atoms with Crippen LogP contribution < -0.4 is 5.32 Å². The van der Waals surface area contributed by atoms with Crippen LogP contribution in [-0.2, 0) is 0 Å². The van der Waals surface area contributed by atoms with Crippen LogP contribution in [0, 0.1) is 0 Å². The van der Waals surface area contributed by atoms with Gasteiger partial charge in [0, 0.05) is 18.9 Å². The summed E-state index contributed by atoms with van der Waals surface area (Å²) in [6.45, 7) is 4.03. The summed E-state index contributed by atoms with van der Waals surface area (Å²) in [7, 11) is 0. The minimum absolute atomic E-state index is 0.922. The van der Waals surface area contributed by atoms with Crippen LogP contribution in [0.2, 0.25) is 0 Å². The topological polar surface area (TPSA) is 24.9 Å². The predicted octanol–water partition coefficient (Wildman–Crippen LogP) is 1.70. The zero-order chi connectivity index (χ0) is 8.65. The van der Waals surface area contributed by atoms with Crippen LogP contribution in [-0.4, -0.2) is 18.1 Å². The summed E-state index contributed by atoms with van der Waals surface area (Å²) >= 11 is 0. The Morgan fingerprint density at radius 2 is 2.50 bits per heavy atom. The molecule has 0 fully saturated rings. The molecule has 0 aromatic carbocycles. The number of rotatable bonds is 4. The molecular formula is C10H14N2. The van der Waals surface area contributed by atoms with Crippen molar-refractivity contribution in [3.8, 4) is 0 Å². The van der Waals surface area contributed by atoms with Crippen molar-refractivity contribution >= 4 is 6.08 Å². The minimum atomic E-state index is 0.922. The number of nitrogens with one attached hydrogen (secondary N) is 1. The molecule has 2 heteroatoms. The van der Waals surface area contributed by atoms with Crippen LogP contribution in [0.3, 0.4) is 0 Å². The van der Waals surface area contributed by atoms with Crippen molar-refractivity contribution in [1.82, 2.24) is 10.3 Å². The van der Waals surface area contributed by atoms with Gasteiger partial charge in [0.05, 0.1) is 0 Å². The van der Waals surface area contributed by atoms with Gasteiger partial charge in [-0.05, 0) is 18.2 Å². The molecule has 1 aromatic heterocycles. The molecule has 0 aliphatic carbocycles. The Hall–Kier alpha value is -1.15. The van der Waals surface area contributed by atoms with E-state index in [9.17, 15) is 0 Å². The average Bonchev–Trinajstić information content (AvgIpc) is 2.14. The molecule has 0 bridgehead atoms. The Balaban J connectivity index is 2.36. The molecule has 1 heterocycles. The van der Waals surface area contributed by atoms with Crippen LogP contribution in [0.1, 0.15) is 12.5 Å². The zero-order valence-corrected chi connectivity index (χ0v) is 7.33. The van der Waals surface area contributed by atoms with Gasteiger partial charge in [0.1, 0.15) is 0 Å². The zero-order valence-electron chi connectivity index (χ0n) is 7.33. The molecule has 1 rings (SSSR count). The number of likely N-dealkylation sites (N-methyl/N-ethyl adjacent to an activating group) is 1. The normalized spacial score (nSPS) is 10.8. The van der Waals surface area contributed by atoms with Crippen molar-refractivity contribution in [1.29, 1.82) is 0 Å². The van der Waals surface area contributed by atoms with Gasteiger partial charge in [-0.15, -0.1) is 0 Å². The van der Waals surface area contributed by atoms with E-state index in [0.29, 0.717) is 0 Å². The summed E-state index contributed by atoms with van der Waals surface area (Å²) in [4.78, 5) is 4.01. The maximum absolute atomic E-state index is 4.01. The van der Waals surface area contributed by atoms with Crippen LogP contribution >= 0.6 is 0 Å². The first kappa shape index (κ1) is 8.94. The molecule has 0 saturated carbocycles. The number of aromatic nitrogens is 1. The lowest BCUT2D eigenvalue weighted by Gasteiger charge is -1.93. The molecule has 0 aliphatic rings. The minimum Gasteiger partial charge on any atom is -0.314 e. The van der Waals surface area contributed by atoms with Crippen LogP contribution in [0.5, 0.6) is 0 Å². The SMILES string of the molecule is CCNCC=Cc1cccnc1. The molecule has 0 saturated heterocycles. The average molecular weight is 162 g/mol. The molecule has 1 N–H and O–H groups in total. The molecule has 0 amide bonds. The first-order valence-corrected chi connectivity index (χ1v) is 4.20. The highest BCUT2D eigenvalue weighted by molar-refractivity contribution is 5.47. The molecule has 0 radical (unpaired) electrons. The van der Waals surface area contributed by atoms with Gasteiger partial charge in [0.2, 0.25) is 0 Å². The monoisotopic (exact) mass is 162 g/mol. The van der Waals surface area contributed by atoms with Crippen molar-refractivity contribution in [2.45, 2.75) is 6.92 Å².